The number of hydrogen-bond donors (Lipinski definition) is 2. The molecule has 2 aromatic carbocycles. The molecule has 25 heavy (non-hydrogen) atoms. The van der Waals surface area contributed by atoms with Gasteiger partial charge in [0, 0.05) is 10.8 Å². The van der Waals surface area contributed by atoms with Gasteiger partial charge < -0.3 is 5.32 Å². The van der Waals surface area contributed by atoms with E-state index in [0.717, 1.165) is 16.3 Å². The van der Waals surface area contributed by atoms with Crippen LogP contribution >= 0.6 is 24.8 Å². The summed E-state index contributed by atoms with van der Waals surface area (Å²) in [5, 5.41) is 14.5. The molecule has 134 valence electrons. The first kappa shape index (κ1) is 21.1. The van der Waals surface area contributed by atoms with Gasteiger partial charge in [-0.2, -0.15) is 4.65 Å². The lowest BCUT2D eigenvalue weighted by molar-refractivity contribution is -1.07. The van der Waals surface area contributed by atoms with Crippen molar-refractivity contribution in [1.82, 2.24) is 10.3 Å². The number of rotatable bonds is 4. The quantitative estimate of drug-likeness (QED) is 0.412. The van der Waals surface area contributed by atoms with Crippen LogP contribution in [-0.2, 0) is 0 Å². The second kappa shape index (κ2) is 8.45. The van der Waals surface area contributed by atoms with Crippen molar-refractivity contribution in [2.24, 2.45) is 0 Å². The molecule has 3 rings (SSSR count). The van der Waals surface area contributed by atoms with Gasteiger partial charge in [-0.15, -0.1) is 24.8 Å². The smallest absolute Gasteiger partial charge is 0.253 e. The van der Waals surface area contributed by atoms with Crippen LogP contribution in [0.5, 0.6) is 0 Å². The molecule has 0 atom stereocenters. The van der Waals surface area contributed by atoms with Crippen LogP contribution < -0.4 is 5.32 Å². The van der Waals surface area contributed by atoms with Crippen molar-refractivity contribution in [2.75, 3.05) is 27.2 Å². The van der Waals surface area contributed by atoms with Crippen LogP contribution in [0.2, 0.25) is 0 Å². The highest BCUT2D eigenvalue weighted by molar-refractivity contribution is 6.07. The maximum absolute atomic E-state index is 12.4. The third kappa shape index (κ3) is 5.03. The largest absolute Gasteiger partial charge is 0.346 e. The summed E-state index contributed by atoms with van der Waals surface area (Å²) in [5.41, 5.74) is 2.12. The van der Waals surface area contributed by atoms with E-state index in [2.05, 4.69) is 10.3 Å². The Labute approximate surface area is 159 Å². The molecular weight excluding hydrogens is 361 g/mol. The molecule has 7 heteroatoms. The van der Waals surface area contributed by atoms with Crippen LogP contribution in [0.25, 0.3) is 21.8 Å². The van der Waals surface area contributed by atoms with Crippen molar-refractivity contribution in [1.29, 1.82) is 0 Å². The summed E-state index contributed by atoms with van der Waals surface area (Å²) < 4.78 is -0.182. The number of carbonyl (C=O) groups is 1. The van der Waals surface area contributed by atoms with Gasteiger partial charge in [0.05, 0.1) is 37.2 Å². The molecule has 0 unspecified atom stereocenters. The molecule has 0 saturated heterocycles. The maximum atomic E-state index is 12.4. The van der Waals surface area contributed by atoms with Gasteiger partial charge in [-0.1, -0.05) is 30.3 Å². The summed E-state index contributed by atoms with van der Waals surface area (Å²) in [4.78, 5) is 17.1. The molecule has 5 nitrogen and oxygen atoms in total. The van der Waals surface area contributed by atoms with Crippen LogP contribution in [0, 0.1) is 0 Å². The number of nitrogens with zero attached hydrogens (tertiary/aromatic N) is 2. The first-order valence-corrected chi connectivity index (χ1v) is 7.56. The minimum atomic E-state index is -0.182. The molecule has 1 aromatic heterocycles. The fraction of sp³-hybridized carbons (Fsp3) is 0.222. The van der Waals surface area contributed by atoms with Crippen LogP contribution in [0.1, 0.15) is 10.4 Å². The van der Waals surface area contributed by atoms with E-state index in [0.29, 0.717) is 24.2 Å². The Morgan fingerprint density at radius 1 is 1.08 bits per heavy atom. The zero-order valence-electron chi connectivity index (χ0n) is 14.1. The van der Waals surface area contributed by atoms with Crippen molar-refractivity contribution in [3.63, 3.8) is 0 Å². The van der Waals surface area contributed by atoms with Crippen molar-refractivity contribution < 1.29 is 14.6 Å². The van der Waals surface area contributed by atoms with Gasteiger partial charge in [0.2, 0.25) is 0 Å². The van der Waals surface area contributed by atoms with E-state index in [1.165, 1.54) is 0 Å². The Morgan fingerprint density at radius 3 is 2.48 bits per heavy atom. The minimum Gasteiger partial charge on any atom is -0.346 e. The lowest BCUT2D eigenvalue weighted by Crippen LogP contribution is -2.42. The summed E-state index contributed by atoms with van der Waals surface area (Å²) in [5.74, 6) is -0.174. The van der Waals surface area contributed by atoms with Crippen molar-refractivity contribution in [2.45, 2.75) is 0 Å². The minimum absolute atomic E-state index is 0. The number of carbonyl (C=O) groups excluding carboxylic acids is 1. The Hall–Kier alpha value is -1.92. The SMILES string of the molecule is C[N+](C)(O)CCNC(=O)c1cccc2cc3ccccc3nc12.Cl.Cl. The van der Waals surface area contributed by atoms with Crippen molar-refractivity contribution in [3.05, 3.63) is 54.1 Å². The van der Waals surface area contributed by atoms with E-state index in [-0.39, 0.29) is 35.4 Å². The van der Waals surface area contributed by atoms with E-state index >= 15 is 0 Å². The summed E-state index contributed by atoms with van der Waals surface area (Å²) >= 11 is 0. The standard InChI is InChI=1S/C18H19N3O2.2ClH/c1-21(2,23)11-10-19-18(22)15-8-5-7-14-12-13-6-3-4-9-16(13)20-17(14)15;;/h3-9,12,23H,10-11H2,1-2H3;2*1H/p+1. The predicted molar refractivity (Wildman–Crippen MR) is 105 cm³/mol. The fourth-order valence-electron chi connectivity index (χ4n) is 2.52. The molecule has 0 saturated carbocycles. The molecule has 0 aliphatic heterocycles. The highest BCUT2D eigenvalue weighted by Gasteiger charge is 2.14. The summed E-state index contributed by atoms with van der Waals surface area (Å²) in [6, 6.07) is 15.5. The number of para-hydroxylation sites is 2. The number of hydrogen-bond acceptors (Lipinski definition) is 3. The van der Waals surface area contributed by atoms with Gasteiger partial charge in [-0.25, -0.2) is 10.2 Å². The number of pyridine rings is 1. The number of likely N-dealkylation sites (N-methyl/N-ethyl adjacent to an activating group) is 1. The Kier molecular flexibility index (Phi) is 7.14. The third-order valence-corrected chi connectivity index (χ3v) is 3.74. The molecule has 2 N–H and O–H groups in total. The third-order valence-electron chi connectivity index (χ3n) is 3.74. The van der Waals surface area contributed by atoms with Crippen molar-refractivity contribution >= 4 is 52.5 Å². The van der Waals surface area contributed by atoms with Gasteiger partial charge in [0.25, 0.3) is 5.91 Å². The molecule has 0 radical (unpaired) electrons. The highest BCUT2D eigenvalue weighted by Crippen LogP contribution is 2.22. The number of halogens is 2. The van der Waals surface area contributed by atoms with E-state index in [4.69, 9.17) is 0 Å². The molecule has 0 bridgehead atoms. The maximum Gasteiger partial charge on any atom is 0.253 e. The van der Waals surface area contributed by atoms with Crippen LogP contribution in [-0.4, -0.2) is 47.9 Å². The lowest BCUT2D eigenvalue weighted by Gasteiger charge is -2.19. The topological polar surface area (TPSA) is 62.2 Å². The summed E-state index contributed by atoms with van der Waals surface area (Å²) in [6.45, 7) is 0.833. The number of hydroxylamine groups is 3. The van der Waals surface area contributed by atoms with Gasteiger partial charge in [-0.05, 0) is 18.2 Å². The molecule has 3 aromatic rings. The number of fused-ring (bicyclic) bond motifs is 2. The second-order valence-corrected chi connectivity index (χ2v) is 6.16. The monoisotopic (exact) mass is 382 g/mol. The lowest BCUT2D eigenvalue weighted by atomic mass is 10.1. The van der Waals surface area contributed by atoms with Crippen LogP contribution in [0.3, 0.4) is 0 Å². The molecule has 0 spiro atoms. The molecule has 1 amide bonds. The Morgan fingerprint density at radius 2 is 1.76 bits per heavy atom. The van der Waals surface area contributed by atoms with Gasteiger partial charge >= 0.3 is 0 Å². The van der Waals surface area contributed by atoms with E-state index in [1.807, 2.05) is 42.5 Å². The molecule has 0 aliphatic carbocycles. The van der Waals surface area contributed by atoms with E-state index in [9.17, 15) is 10.0 Å². The zero-order valence-corrected chi connectivity index (χ0v) is 15.7. The number of aromatic nitrogens is 1. The Bertz CT molecular complexity index is 879. The molecule has 0 aliphatic rings. The number of amides is 1. The van der Waals surface area contributed by atoms with Crippen molar-refractivity contribution in [3.8, 4) is 0 Å². The normalized spacial score (nSPS) is 10.8. The predicted octanol–water partition coefficient (Wildman–Crippen LogP) is 3.43. The van der Waals surface area contributed by atoms with Gasteiger partial charge in [0.15, 0.2) is 0 Å². The van der Waals surface area contributed by atoms with Crippen LogP contribution in [0.4, 0.5) is 0 Å². The number of nitrogens with one attached hydrogen (secondary N) is 1. The zero-order chi connectivity index (χ0) is 16.4. The van der Waals surface area contributed by atoms with E-state index < -0.39 is 0 Å². The first-order valence-electron chi connectivity index (χ1n) is 7.56. The number of quaternary nitrogens is 1. The average molecular weight is 383 g/mol. The Balaban J connectivity index is 0.00000156. The second-order valence-electron chi connectivity index (χ2n) is 6.16. The van der Waals surface area contributed by atoms with Crippen LogP contribution in [0.15, 0.2) is 48.5 Å². The summed E-state index contributed by atoms with van der Waals surface area (Å²) in [6.07, 6.45) is 0. The number of benzene rings is 2. The van der Waals surface area contributed by atoms with Gasteiger partial charge in [0.1, 0.15) is 6.54 Å². The molecule has 1 heterocycles. The molecule has 0 fully saturated rings. The molecular formula is C18H22Cl2N3O2+. The fourth-order valence-corrected chi connectivity index (χ4v) is 2.52. The highest BCUT2D eigenvalue weighted by atomic mass is 35.5. The first-order chi connectivity index (χ1) is 10.9. The average Bonchev–Trinajstić information content (AvgIpc) is 2.51. The van der Waals surface area contributed by atoms with Gasteiger partial charge in [-0.3, -0.25) is 4.79 Å². The summed E-state index contributed by atoms with van der Waals surface area (Å²) in [7, 11) is 3.33. The van der Waals surface area contributed by atoms with E-state index in [1.54, 1.807) is 20.2 Å².